The van der Waals surface area contributed by atoms with Crippen molar-refractivity contribution in [3.05, 3.63) is 34.1 Å². The van der Waals surface area contributed by atoms with Gasteiger partial charge in [0.25, 0.3) is 0 Å². The molecule has 0 bridgehead atoms. The average Bonchev–Trinajstić information content (AvgIpc) is 2.09. The second kappa shape index (κ2) is 4.58. The van der Waals surface area contributed by atoms with Gasteiger partial charge in [-0.25, -0.2) is 4.39 Å². The predicted molar refractivity (Wildman–Crippen MR) is 51.6 cm³/mol. The average molecular weight is 203 g/mol. The van der Waals surface area contributed by atoms with E-state index in [1.807, 2.05) is 6.92 Å². The summed E-state index contributed by atoms with van der Waals surface area (Å²) in [5, 5.41) is 9.08. The van der Waals surface area contributed by atoms with E-state index in [4.69, 9.17) is 16.7 Å². The van der Waals surface area contributed by atoms with E-state index < -0.39 is 0 Å². The third-order valence-electron chi connectivity index (χ3n) is 2.02. The monoisotopic (exact) mass is 202 g/mol. The van der Waals surface area contributed by atoms with Crippen LogP contribution in [0.4, 0.5) is 4.39 Å². The molecular weight excluding hydrogens is 191 g/mol. The van der Waals surface area contributed by atoms with Crippen LogP contribution >= 0.6 is 11.6 Å². The summed E-state index contributed by atoms with van der Waals surface area (Å²) in [6.07, 6.45) is 1.31. The van der Waals surface area contributed by atoms with E-state index in [0.717, 1.165) is 11.1 Å². The van der Waals surface area contributed by atoms with Crippen molar-refractivity contribution in [2.75, 3.05) is 6.61 Å². The van der Waals surface area contributed by atoms with E-state index >= 15 is 0 Å². The van der Waals surface area contributed by atoms with Crippen LogP contribution in [-0.2, 0) is 6.42 Å². The Kier molecular flexibility index (Phi) is 3.70. The predicted octanol–water partition coefficient (Wildman–Crippen LogP) is 2.71. The van der Waals surface area contributed by atoms with E-state index in [-0.39, 0.29) is 12.4 Å². The minimum atomic E-state index is -0.316. The van der Waals surface area contributed by atoms with Crippen LogP contribution in [0, 0.1) is 12.7 Å². The standard InChI is InChI=1S/C10H12ClFO/c1-7-8(3-2-4-13)5-9(12)6-10(7)11/h5-6,13H,2-4H2,1H3. The number of benzene rings is 1. The fourth-order valence-corrected chi connectivity index (χ4v) is 1.45. The molecule has 72 valence electrons. The van der Waals surface area contributed by atoms with Gasteiger partial charge in [0.05, 0.1) is 0 Å². The van der Waals surface area contributed by atoms with Crippen LogP contribution in [0.2, 0.25) is 5.02 Å². The zero-order chi connectivity index (χ0) is 9.84. The summed E-state index contributed by atoms with van der Waals surface area (Å²) in [6, 6.07) is 2.77. The first-order valence-corrected chi connectivity index (χ1v) is 4.58. The molecule has 1 nitrogen and oxygen atoms in total. The van der Waals surface area contributed by atoms with Gasteiger partial charge in [0, 0.05) is 11.6 Å². The third kappa shape index (κ3) is 2.68. The highest BCUT2D eigenvalue weighted by Crippen LogP contribution is 2.21. The zero-order valence-corrected chi connectivity index (χ0v) is 8.24. The normalized spacial score (nSPS) is 10.5. The first kappa shape index (κ1) is 10.5. The van der Waals surface area contributed by atoms with Crippen molar-refractivity contribution in [3.63, 3.8) is 0 Å². The SMILES string of the molecule is Cc1c(Cl)cc(F)cc1CCCO. The molecule has 1 aromatic carbocycles. The number of aliphatic hydroxyl groups is 1. The number of halogens is 2. The number of hydrogen-bond donors (Lipinski definition) is 1. The van der Waals surface area contributed by atoms with Crippen molar-refractivity contribution in [3.8, 4) is 0 Å². The Morgan fingerprint density at radius 3 is 2.77 bits per heavy atom. The Morgan fingerprint density at radius 1 is 1.46 bits per heavy atom. The second-order valence-corrected chi connectivity index (χ2v) is 3.41. The van der Waals surface area contributed by atoms with Crippen molar-refractivity contribution in [1.29, 1.82) is 0 Å². The Labute approximate surface area is 82.2 Å². The number of aryl methyl sites for hydroxylation is 1. The molecule has 0 spiro atoms. The first-order valence-electron chi connectivity index (χ1n) is 4.20. The van der Waals surface area contributed by atoms with E-state index in [1.54, 1.807) is 0 Å². The minimum Gasteiger partial charge on any atom is -0.396 e. The van der Waals surface area contributed by atoms with E-state index in [0.29, 0.717) is 17.9 Å². The molecule has 0 aliphatic carbocycles. The molecule has 1 rings (SSSR count). The van der Waals surface area contributed by atoms with Gasteiger partial charge in [-0.2, -0.15) is 0 Å². The first-order chi connectivity index (χ1) is 6.15. The Morgan fingerprint density at radius 2 is 2.15 bits per heavy atom. The van der Waals surface area contributed by atoms with Crippen LogP contribution < -0.4 is 0 Å². The summed E-state index contributed by atoms with van der Waals surface area (Å²) in [7, 11) is 0. The molecule has 0 saturated heterocycles. The highest BCUT2D eigenvalue weighted by atomic mass is 35.5. The van der Waals surface area contributed by atoms with Crippen molar-refractivity contribution >= 4 is 11.6 Å². The van der Waals surface area contributed by atoms with Gasteiger partial charge in [-0.15, -0.1) is 0 Å². The molecule has 0 aliphatic rings. The lowest BCUT2D eigenvalue weighted by Gasteiger charge is -2.06. The quantitative estimate of drug-likeness (QED) is 0.799. The van der Waals surface area contributed by atoms with Gasteiger partial charge in [-0.05, 0) is 43.0 Å². The summed E-state index contributed by atoms with van der Waals surface area (Å²) in [5.41, 5.74) is 1.77. The maximum Gasteiger partial charge on any atom is 0.124 e. The van der Waals surface area contributed by atoms with E-state index in [9.17, 15) is 4.39 Å². The van der Waals surface area contributed by atoms with Gasteiger partial charge < -0.3 is 5.11 Å². The van der Waals surface area contributed by atoms with Crippen LogP contribution in [-0.4, -0.2) is 11.7 Å². The summed E-state index contributed by atoms with van der Waals surface area (Å²) in [6.45, 7) is 1.97. The van der Waals surface area contributed by atoms with Crippen LogP contribution in [0.15, 0.2) is 12.1 Å². The molecular formula is C10H12ClFO. The van der Waals surface area contributed by atoms with Crippen LogP contribution in [0.25, 0.3) is 0 Å². The summed E-state index contributed by atoms with van der Waals surface area (Å²) < 4.78 is 12.9. The van der Waals surface area contributed by atoms with Crippen molar-refractivity contribution < 1.29 is 9.50 Å². The van der Waals surface area contributed by atoms with Crippen molar-refractivity contribution in [1.82, 2.24) is 0 Å². The summed E-state index contributed by atoms with van der Waals surface area (Å²) >= 11 is 5.80. The van der Waals surface area contributed by atoms with Gasteiger partial charge in [-0.1, -0.05) is 11.6 Å². The van der Waals surface area contributed by atoms with Gasteiger partial charge in [0.1, 0.15) is 5.82 Å². The largest absolute Gasteiger partial charge is 0.396 e. The number of hydrogen-bond acceptors (Lipinski definition) is 1. The molecule has 1 aromatic rings. The van der Waals surface area contributed by atoms with Gasteiger partial charge in [-0.3, -0.25) is 0 Å². The minimum absolute atomic E-state index is 0.119. The fraction of sp³-hybridized carbons (Fsp3) is 0.400. The molecule has 0 saturated carbocycles. The molecule has 0 amide bonds. The number of aliphatic hydroxyl groups excluding tert-OH is 1. The smallest absolute Gasteiger partial charge is 0.124 e. The molecule has 1 N–H and O–H groups in total. The lowest BCUT2D eigenvalue weighted by Crippen LogP contribution is -1.94. The highest BCUT2D eigenvalue weighted by molar-refractivity contribution is 6.31. The lowest BCUT2D eigenvalue weighted by molar-refractivity contribution is 0.288. The van der Waals surface area contributed by atoms with Crippen LogP contribution in [0.5, 0.6) is 0 Å². The Hall–Kier alpha value is -0.600. The lowest BCUT2D eigenvalue weighted by atomic mass is 10.0. The Bertz CT molecular complexity index is 299. The second-order valence-electron chi connectivity index (χ2n) is 3.00. The molecule has 0 radical (unpaired) electrons. The Balaban J connectivity index is 2.92. The van der Waals surface area contributed by atoms with Crippen LogP contribution in [0.1, 0.15) is 17.5 Å². The zero-order valence-electron chi connectivity index (χ0n) is 7.48. The highest BCUT2D eigenvalue weighted by Gasteiger charge is 2.04. The molecule has 3 heteroatoms. The van der Waals surface area contributed by atoms with Crippen LogP contribution in [0.3, 0.4) is 0 Å². The molecule has 0 atom stereocenters. The van der Waals surface area contributed by atoms with Gasteiger partial charge in [0.15, 0.2) is 0 Å². The topological polar surface area (TPSA) is 20.2 Å². The van der Waals surface area contributed by atoms with Gasteiger partial charge >= 0.3 is 0 Å². The maximum atomic E-state index is 12.9. The molecule has 0 aromatic heterocycles. The fourth-order valence-electron chi connectivity index (χ4n) is 1.23. The molecule has 0 fully saturated rings. The summed E-state index contributed by atoms with van der Waals surface area (Å²) in [5.74, 6) is -0.316. The van der Waals surface area contributed by atoms with E-state index in [2.05, 4.69) is 0 Å². The molecule has 0 unspecified atom stereocenters. The molecule has 13 heavy (non-hydrogen) atoms. The third-order valence-corrected chi connectivity index (χ3v) is 2.41. The van der Waals surface area contributed by atoms with Crippen molar-refractivity contribution in [2.45, 2.75) is 19.8 Å². The summed E-state index contributed by atoms with van der Waals surface area (Å²) in [4.78, 5) is 0. The molecule has 0 aliphatic heterocycles. The molecule has 0 heterocycles. The maximum absolute atomic E-state index is 12.9. The van der Waals surface area contributed by atoms with E-state index in [1.165, 1.54) is 12.1 Å². The van der Waals surface area contributed by atoms with Gasteiger partial charge in [0.2, 0.25) is 0 Å². The number of rotatable bonds is 3. The van der Waals surface area contributed by atoms with Crippen molar-refractivity contribution in [2.24, 2.45) is 0 Å².